The summed E-state index contributed by atoms with van der Waals surface area (Å²) < 4.78 is 29.7. The summed E-state index contributed by atoms with van der Waals surface area (Å²) in [5.41, 5.74) is -0.183. The van der Waals surface area contributed by atoms with Gasteiger partial charge in [0, 0.05) is 25.1 Å². The van der Waals surface area contributed by atoms with Gasteiger partial charge in [-0.2, -0.15) is 0 Å². The predicted octanol–water partition coefficient (Wildman–Crippen LogP) is 2.01. The van der Waals surface area contributed by atoms with E-state index in [4.69, 9.17) is 14.2 Å². The van der Waals surface area contributed by atoms with Crippen LogP contribution in [0.4, 0.5) is 4.39 Å². The molecular weight excluding hydrogens is 351 g/mol. The summed E-state index contributed by atoms with van der Waals surface area (Å²) in [6.07, 6.45) is 1.80. The summed E-state index contributed by atoms with van der Waals surface area (Å²) in [6, 6.07) is 2.51. The molecule has 1 heterocycles. The van der Waals surface area contributed by atoms with Crippen molar-refractivity contribution in [3.63, 3.8) is 0 Å². The van der Waals surface area contributed by atoms with Crippen molar-refractivity contribution in [1.82, 2.24) is 10.6 Å². The lowest BCUT2D eigenvalue weighted by Gasteiger charge is -2.37. The first-order valence-electron chi connectivity index (χ1n) is 7.94. The van der Waals surface area contributed by atoms with Crippen LogP contribution >= 0.6 is 12.4 Å². The number of hydrogen-bond acceptors (Lipinski definition) is 5. The number of amides is 1. The fourth-order valence-corrected chi connectivity index (χ4v) is 3.03. The van der Waals surface area contributed by atoms with E-state index in [9.17, 15) is 9.18 Å². The smallest absolute Gasteiger partial charge is 0.254 e. The molecule has 0 aliphatic carbocycles. The highest BCUT2D eigenvalue weighted by molar-refractivity contribution is 5.95. The van der Waals surface area contributed by atoms with Gasteiger partial charge in [-0.05, 0) is 32.0 Å². The van der Waals surface area contributed by atoms with Crippen LogP contribution in [0.15, 0.2) is 12.1 Å². The molecule has 1 aromatic carbocycles. The maximum atomic E-state index is 14.2. The number of carbonyl (C=O) groups is 1. The fraction of sp³-hybridized carbons (Fsp3) is 0.588. The Morgan fingerprint density at radius 3 is 2.36 bits per heavy atom. The molecule has 1 fully saturated rings. The summed E-state index contributed by atoms with van der Waals surface area (Å²) in [5, 5.41) is 6.14. The lowest BCUT2D eigenvalue weighted by Crippen LogP contribution is -2.47. The monoisotopic (exact) mass is 376 g/mol. The van der Waals surface area contributed by atoms with Gasteiger partial charge in [-0.1, -0.05) is 0 Å². The first-order valence-corrected chi connectivity index (χ1v) is 7.94. The van der Waals surface area contributed by atoms with Crippen LogP contribution in [-0.2, 0) is 4.74 Å². The van der Waals surface area contributed by atoms with Crippen LogP contribution in [0, 0.1) is 11.2 Å². The molecule has 2 N–H and O–H groups in total. The Morgan fingerprint density at radius 1 is 1.20 bits per heavy atom. The highest BCUT2D eigenvalue weighted by atomic mass is 35.5. The molecule has 8 heteroatoms. The highest BCUT2D eigenvalue weighted by Crippen LogP contribution is 2.31. The van der Waals surface area contributed by atoms with Crippen LogP contribution in [0.1, 0.15) is 23.2 Å². The Balaban J connectivity index is 0.00000312. The zero-order valence-electron chi connectivity index (χ0n) is 14.8. The number of methoxy groups -OCH3 is 3. The second kappa shape index (κ2) is 9.79. The number of carbonyl (C=O) groups excluding carboxylic acids is 1. The van der Waals surface area contributed by atoms with Crippen molar-refractivity contribution >= 4 is 18.3 Å². The number of hydrogen-bond donors (Lipinski definition) is 2. The maximum Gasteiger partial charge on any atom is 0.254 e. The van der Waals surface area contributed by atoms with Gasteiger partial charge in [0.05, 0.1) is 26.4 Å². The molecule has 25 heavy (non-hydrogen) atoms. The van der Waals surface area contributed by atoms with Gasteiger partial charge >= 0.3 is 0 Å². The molecular formula is C17H26ClFN2O4. The molecule has 6 nitrogen and oxygen atoms in total. The summed E-state index contributed by atoms with van der Waals surface area (Å²) in [6.45, 7) is 2.76. The molecule has 0 atom stereocenters. The molecule has 0 bridgehead atoms. The van der Waals surface area contributed by atoms with E-state index in [2.05, 4.69) is 10.6 Å². The van der Waals surface area contributed by atoms with Crippen molar-refractivity contribution < 1.29 is 23.4 Å². The first-order chi connectivity index (χ1) is 11.5. The number of halogens is 2. The third-order valence-electron chi connectivity index (χ3n) is 4.46. The average Bonchev–Trinajstić information content (AvgIpc) is 2.60. The molecule has 1 aliphatic heterocycles. The van der Waals surface area contributed by atoms with E-state index in [0.29, 0.717) is 18.9 Å². The number of piperidine rings is 1. The summed E-state index contributed by atoms with van der Waals surface area (Å²) >= 11 is 0. The Kier molecular flexibility index (Phi) is 8.41. The molecule has 1 saturated heterocycles. The molecule has 1 aromatic rings. The van der Waals surface area contributed by atoms with E-state index in [1.807, 2.05) is 0 Å². The average molecular weight is 377 g/mol. The largest absolute Gasteiger partial charge is 0.493 e. The van der Waals surface area contributed by atoms with Crippen LogP contribution in [0.5, 0.6) is 11.5 Å². The summed E-state index contributed by atoms with van der Waals surface area (Å²) in [5.74, 6) is -0.544. The predicted molar refractivity (Wildman–Crippen MR) is 95.5 cm³/mol. The van der Waals surface area contributed by atoms with Crippen molar-refractivity contribution in [2.45, 2.75) is 12.8 Å². The minimum atomic E-state index is -0.642. The van der Waals surface area contributed by atoms with Gasteiger partial charge in [-0.25, -0.2) is 4.39 Å². The molecule has 0 saturated carbocycles. The van der Waals surface area contributed by atoms with E-state index in [1.54, 1.807) is 7.11 Å². The van der Waals surface area contributed by atoms with E-state index in [-0.39, 0.29) is 29.1 Å². The van der Waals surface area contributed by atoms with E-state index >= 15 is 0 Å². The van der Waals surface area contributed by atoms with Crippen LogP contribution in [0.3, 0.4) is 0 Å². The SMILES string of the molecule is COCC1(CNC(=O)c2cc(OC)c(OC)cc2F)CCNCC1.Cl. The van der Waals surface area contributed by atoms with E-state index < -0.39 is 11.7 Å². The zero-order chi connectivity index (χ0) is 17.6. The third kappa shape index (κ3) is 5.20. The van der Waals surface area contributed by atoms with Gasteiger partial charge in [-0.3, -0.25) is 4.79 Å². The van der Waals surface area contributed by atoms with E-state index in [1.165, 1.54) is 20.3 Å². The van der Waals surface area contributed by atoms with Crippen LogP contribution in [0.25, 0.3) is 0 Å². The number of nitrogens with one attached hydrogen (secondary N) is 2. The maximum absolute atomic E-state index is 14.2. The van der Waals surface area contributed by atoms with Gasteiger partial charge < -0.3 is 24.8 Å². The molecule has 0 radical (unpaired) electrons. The van der Waals surface area contributed by atoms with Crippen LogP contribution < -0.4 is 20.1 Å². The van der Waals surface area contributed by atoms with Crippen LogP contribution in [0.2, 0.25) is 0 Å². The second-order valence-corrected chi connectivity index (χ2v) is 6.05. The van der Waals surface area contributed by atoms with Gasteiger partial charge in [0.15, 0.2) is 11.5 Å². The van der Waals surface area contributed by atoms with Crippen molar-refractivity contribution in [3.05, 3.63) is 23.5 Å². The molecule has 0 aromatic heterocycles. The number of benzene rings is 1. The number of ether oxygens (including phenoxy) is 3. The first kappa shape index (κ1) is 21.5. The Morgan fingerprint density at radius 2 is 1.80 bits per heavy atom. The minimum Gasteiger partial charge on any atom is -0.493 e. The fourth-order valence-electron chi connectivity index (χ4n) is 3.03. The quantitative estimate of drug-likeness (QED) is 0.762. The van der Waals surface area contributed by atoms with Crippen molar-refractivity contribution in [2.75, 3.05) is 47.6 Å². The normalized spacial score (nSPS) is 15.8. The molecule has 0 spiro atoms. The third-order valence-corrected chi connectivity index (χ3v) is 4.46. The Hall–Kier alpha value is -1.57. The summed E-state index contributed by atoms with van der Waals surface area (Å²) in [7, 11) is 4.52. The standard InChI is InChI=1S/C17H25FN2O4.ClH/c1-22-11-17(4-6-19-7-5-17)10-20-16(21)12-8-14(23-2)15(24-3)9-13(12)18;/h8-9,19H,4-7,10-11H2,1-3H3,(H,20,21);1H. The molecule has 1 amide bonds. The summed E-state index contributed by atoms with van der Waals surface area (Å²) in [4.78, 5) is 12.4. The van der Waals surface area contributed by atoms with E-state index in [0.717, 1.165) is 32.0 Å². The van der Waals surface area contributed by atoms with Gasteiger partial charge in [0.25, 0.3) is 5.91 Å². The van der Waals surface area contributed by atoms with Crippen molar-refractivity contribution in [2.24, 2.45) is 5.41 Å². The lowest BCUT2D eigenvalue weighted by atomic mass is 9.79. The Bertz CT molecular complexity index is 575. The topological polar surface area (TPSA) is 68.8 Å². The van der Waals surface area contributed by atoms with Crippen molar-refractivity contribution in [1.29, 1.82) is 0 Å². The van der Waals surface area contributed by atoms with Gasteiger partial charge in [0.2, 0.25) is 0 Å². The molecule has 1 aliphatic rings. The molecule has 2 rings (SSSR count). The minimum absolute atomic E-state index is 0. The van der Waals surface area contributed by atoms with Crippen molar-refractivity contribution in [3.8, 4) is 11.5 Å². The van der Waals surface area contributed by atoms with Crippen LogP contribution in [-0.4, -0.2) is 53.5 Å². The number of rotatable bonds is 7. The molecule has 142 valence electrons. The Labute approximate surface area is 153 Å². The van der Waals surface area contributed by atoms with Gasteiger partial charge in [-0.15, -0.1) is 12.4 Å². The zero-order valence-corrected chi connectivity index (χ0v) is 15.6. The highest BCUT2D eigenvalue weighted by Gasteiger charge is 2.33. The molecule has 0 unspecified atom stereocenters. The van der Waals surface area contributed by atoms with Gasteiger partial charge in [0.1, 0.15) is 5.82 Å². The second-order valence-electron chi connectivity index (χ2n) is 6.05. The lowest BCUT2D eigenvalue weighted by molar-refractivity contribution is 0.0511.